The molecule has 34 heavy (non-hydrogen) atoms. The Morgan fingerprint density at radius 2 is 2.09 bits per heavy atom. The van der Waals surface area contributed by atoms with Gasteiger partial charge in [0.15, 0.2) is 11.6 Å². The molecule has 0 unspecified atom stereocenters. The molecule has 1 amide bonds. The molecule has 4 aromatic rings. The van der Waals surface area contributed by atoms with E-state index in [1.54, 1.807) is 19.1 Å². The molecule has 0 bridgehead atoms. The van der Waals surface area contributed by atoms with E-state index in [9.17, 15) is 18.0 Å². The van der Waals surface area contributed by atoms with E-state index in [0.29, 0.717) is 28.3 Å². The highest BCUT2D eigenvalue weighted by molar-refractivity contribution is 6.06. The Kier molecular flexibility index (Phi) is 5.04. The van der Waals surface area contributed by atoms with Crippen LogP contribution >= 0.6 is 0 Å². The number of benzene rings is 1. The topological polar surface area (TPSA) is 125 Å². The van der Waals surface area contributed by atoms with Crippen LogP contribution in [0.5, 0.6) is 0 Å². The van der Waals surface area contributed by atoms with Gasteiger partial charge >= 0.3 is 6.18 Å². The first-order valence-corrected chi connectivity index (χ1v) is 10.4. The Hall–Kier alpha value is -4.27. The van der Waals surface area contributed by atoms with E-state index in [1.807, 2.05) is 6.07 Å². The van der Waals surface area contributed by atoms with E-state index in [4.69, 9.17) is 5.26 Å². The largest absolute Gasteiger partial charge is 0.416 e. The standard InChI is InChI=1S/C22H17F3N8O/c1-11(20-28-10-29-33(20)17-5-2-12(8-26)9-27-17)30-21(34)16-7-14(22(23,24)25)6-15-18(13-3-4-13)31-32-19(15)16/h2,5-7,9-11,13H,3-4H2,1H3,(H,30,34)(H,31,32)/t11-/m0/s1. The predicted octanol–water partition coefficient (Wildman–Crippen LogP) is 3.80. The second-order valence-electron chi connectivity index (χ2n) is 8.07. The van der Waals surface area contributed by atoms with Gasteiger partial charge in [-0.2, -0.15) is 33.3 Å². The molecule has 0 aliphatic heterocycles. The van der Waals surface area contributed by atoms with E-state index in [0.717, 1.165) is 25.0 Å². The number of nitriles is 1. The zero-order valence-corrected chi connectivity index (χ0v) is 17.8. The van der Waals surface area contributed by atoms with Crippen LogP contribution < -0.4 is 5.32 Å². The van der Waals surface area contributed by atoms with Gasteiger partial charge in [0, 0.05) is 23.2 Å². The first-order valence-electron chi connectivity index (χ1n) is 10.4. The van der Waals surface area contributed by atoms with E-state index >= 15 is 0 Å². The van der Waals surface area contributed by atoms with Gasteiger partial charge in [-0.25, -0.2) is 9.97 Å². The third kappa shape index (κ3) is 3.85. The van der Waals surface area contributed by atoms with E-state index in [1.165, 1.54) is 17.2 Å². The summed E-state index contributed by atoms with van der Waals surface area (Å²) < 4.78 is 42.1. The molecule has 0 spiro atoms. The Balaban J connectivity index is 1.48. The maximum absolute atomic E-state index is 13.6. The number of rotatable bonds is 5. The Bertz CT molecular complexity index is 1430. The molecule has 12 heteroatoms. The SMILES string of the molecule is C[C@H](NC(=O)c1cc(C(F)(F)F)cc2c(C3CC3)[nH]nc12)c1ncnn1-c1ccc(C#N)cn1. The van der Waals surface area contributed by atoms with Crippen molar-refractivity contribution in [1.82, 2.24) is 35.3 Å². The highest BCUT2D eigenvalue weighted by Gasteiger charge is 2.35. The number of fused-ring (bicyclic) bond motifs is 1. The summed E-state index contributed by atoms with van der Waals surface area (Å²) in [5, 5.41) is 23.0. The summed E-state index contributed by atoms with van der Waals surface area (Å²) in [5.41, 5.74) is 0.0861. The number of carbonyl (C=O) groups is 1. The van der Waals surface area contributed by atoms with Crippen LogP contribution in [0.3, 0.4) is 0 Å². The molecule has 1 saturated carbocycles. The maximum Gasteiger partial charge on any atom is 0.416 e. The van der Waals surface area contributed by atoms with Gasteiger partial charge in [-0.05, 0) is 44.0 Å². The lowest BCUT2D eigenvalue weighted by atomic mass is 10.0. The monoisotopic (exact) mass is 466 g/mol. The van der Waals surface area contributed by atoms with Crippen molar-refractivity contribution in [2.75, 3.05) is 0 Å². The molecule has 2 N–H and O–H groups in total. The molecule has 3 aromatic heterocycles. The molecule has 1 aliphatic rings. The van der Waals surface area contributed by atoms with Gasteiger partial charge in [-0.3, -0.25) is 9.89 Å². The highest BCUT2D eigenvalue weighted by atomic mass is 19.4. The van der Waals surface area contributed by atoms with Gasteiger partial charge in [0.2, 0.25) is 0 Å². The normalized spacial score (nSPS) is 14.7. The van der Waals surface area contributed by atoms with Crippen LogP contribution in [0, 0.1) is 11.3 Å². The molecule has 0 saturated heterocycles. The Morgan fingerprint density at radius 3 is 2.74 bits per heavy atom. The van der Waals surface area contributed by atoms with Crippen LogP contribution in [0.2, 0.25) is 0 Å². The summed E-state index contributed by atoms with van der Waals surface area (Å²) in [7, 11) is 0. The van der Waals surface area contributed by atoms with Crippen molar-refractivity contribution >= 4 is 16.8 Å². The lowest BCUT2D eigenvalue weighted by Crippen LogP contribution is -2.29. The van der Waals surface area contributed by atoms with Gasteiger partial charge in [-0.15, -0.1) is 0 Å². The van der Waals surface area contributed by atoms with Crippen molar-refractivity contribution in [2.45, 2.75) is 37.9 Å². The number of aromatic nitrogens is 6. The smallest absolute Gasteiger partial charge is 0.342 e. The molecule has 1 aliphatic carbocycles. The molecule has 0 radical (unpaired) electrons. The Morgan fingerprint density at radius 1 is 1.29 bits per heavy atom. The first kappa shape index (κ1) is 21.6. The lowest BCUT2D eigenvalue weighted by Gasteiger charge is -2.15. The third-order valence-electron chi connectivity index (χ3n) is 5.65. The average molecular weight is 466 g/mol. The second-order valence-corrected chi connectivity index (χ2v) is 8.07. The van der Waals surface area contributed by atoms with Crippen molar-refractivity contribution in [3.63, 3.8) is 0 Å². The summed E-state index contributed by atoms with van der Waals surface area (Å²) in [6.07, 6.45) is -0.237. The van der Waals surface area contributed by atoms with Crippen molar-refractivity contribution in [3.8, 4) is 11.9 Å². The summed E-state index contributed by atoms with van der Waals surface area (Å²) in [4.78, 5) is 21.5. The number of aromatic amines is 1. The molecule has 9 nitrogen and oxygen atoms in total. The number of nitrogens with one attached hydrogen (secondary N) is 2. The number of H-pyrrole nitrogens is 1. The maximum atomic E-state index is 13.6. The van der Waals surface area contributed by atoms with E-state index in [-0.39, 0.29) is 17.0 Å². The van der Waals surface area contributed by atoms with Gasteiger partial charge < -0.3 is 5.32 Å². The van der Waals surface area contributed by atoms with Crippen molar-refractivity contribution in [1.29, 1.82) is 5.26 Å². The molecule has 1 atom stereocenters. The van der Waals surface area contributed by atoms with E-state index < -0.39 is 23.7 Å². The average Bonchev–Trinajstić information content (AvgIpc) is 3.37. The quantitative estimate of drug-likeness (QED) is 0.461. The summed E-state index contributed by atoms with van der Waals surface area (Å²) in [6.45, 7) is 1.63. The van der Waals surface area contributed by atoms with Crippen molar-refractivity contribution < 1.29 is 18.0 Å². The van der Waals surface area contributed by atoms with Crippen LogP contribution in [-0.2, 0) is 6.18 Å². The highest BCUT2D eigenvalue weighted by Crippen LogP contribution is 2.43. The molecule has 1 fully saturated rings. The lowest BCUT2D eigenvalue weighted by molar-refractivity contribution is -0.137. The molecular formula is C22H17F3N8O. The first-order chi connectivity index (χ1) is 16.3. The fraction of sp³-hybridized carbons (Fsp3) is 0.273. The van der Waals surface area contributed by atoms with Crippen molar-refractivity contribution in [3.05, 3.63) is 65.0 Å². The minimum absolute atomic E-state index is 0.127. The fourth-order valence-corrected chi connectivity index (χ4v) is 3.80. The summed E-state index contributed by atoms with van der Waals surface area (Å²) in [5.74, 6) is 0.0893. The number of nitrogens with zero attached hydrogens (tertiary/aromatic N) is 6. The number of amides is 1. The molecular weight excluding hydrogens is 449 g/mol. The number of pyridine rings is 1. The van der Waals surface area contributed by atoms with Gasteiger partial charge in [0.25, 0.3) is 5.91 Å². The molecule has 172 valence electrons. The van der Waals surface area contributed by atoms with Crippen molar-refractivity contribution in [2.24, 2.45) is 0 Å². The van der Waals surface area contributed by atoms with Crippen LogP contribution in [-0.4, -0.2) is 35.9 Å². The zero-order chi connectivity index (χ0) is 24.0. The second kappa shape index (κ2) is 7.95. The van der Waals surface area contributed by atoms with Gasteiger partial charge in [0.05, 0.1) is 22.7 Å². The third-order valence-corrected chi connectivity index (χ3v) is 5.65. The fourth-order valence-electron chi connectivity index (χ4n) is 3.80. The number of carbonyl (C=O) groups excluding carboxylic acids is 1. The number of hydrogen-bond donors (Lipinski definition) is 2. The summed E-state index contributed by atoms with van der Waals surface area (Å²) in [6, 6.07) is 6.24. The molecule has 3 heterocycles. The zero-order valence-electron chi connectivity index (χ0n) is 17.8. The minimum atomic E-state index is -4.62. The molecule has 1 aromatic carbocycles. The minimum Gasteiger partial charge on any atom is -0.342 e. The van der Waals surface area contributed by atoms with Crippen LogP contribution in [0.1, 0.15) is 64.7 Å². The number of alkyl halides is 3. The van der Waals surface area contributed by atoms with Crippen LogP contribution in [0.25, 0.3) is 16.7 Å². The van der Waals surface area contributed by atoms with Crippen LogP contribution in [0.4, 0.5) is 13.2 Å². The predicted molar refractivity (Wildman–Crippen MR) is 113 cm³/mol. The van der Waals surface area contributed by atoms with Gasteiger partial charge in [-0.1, -0.05) is 0 Å². The van der Waals surface area contributed by atoms with Gasteiger partial charge in [0.1, 0.15) is 17.9 Å². The van der Waals surface area contributed by atoms with Crippen LogP contribution in [0.15, 0.2) is 36.8 Å². The number of halogens is 3. The molecule has 5 rings (SSSR count). The summed E-state index contributed by atoms with van der Waals surface area (Å²) >= 11 is 0. The van der Waals surface area contributed by atoms with E-state index in [2.05, 4.69) is 30.6 Å². The number of hydrogen-bond acceptors (Lipinski definition) is 6. The Labute approximate surface area is 190 Å².